The summed E-state index contributed by atoms with van der Waals surface area (Å²) < 4.78 is 46.7. The number of alkyl halides is 3. The highest BCUT2D eigenvalue weighted by molar-refractivity contribution is 5.75. The van der Waals surface area contributed by atoms with Crippen molar-refractivity contribution in [2.75, 3.05) is 7.11 Å². The van der Waals surface area contributed by atoms with Crippen molar-refractivity contribution in [1.29, 1.82) is 0 Å². The van der Waals surface area contributed by atoms with E-state index in [9.17, 15) is 23.1 Å². The number of aryl methyl sites for hydroxylation is 1. The van der Waals surface area contributed by atoms with Crippen LogP contribution in [0.4, 0.5) is 13.2 Å². The maximum Gasteiger partial charge on any atom is 0.389 e. The Morgan fingerprint density at radius 1 is 1.40 bits per heavy atom. The number of oxazole rings is 1. The van der Waals surface area contributed by atoms with Crippen LogP contribution in [-0.2, 0) is 11.3 Å². The summed E-state index contributed by atoms with van der Waals surface area (Å²) in [4.78, 5) is 15.7. The zero-order chi connectivity index (χ0) is 18.6. The van der Waals surface area contributed by atoms with Crippen LogP contribution >= 0.6 is 0 Å². The number of phenols is 1. The van der Waals surface area contributed by atoms with Crippen LogP contribution < -0.4 is 10.1 Å². The molecule has 2 aromatic rings. The molecule has 2 rings (SSSR count). The lowest BCUT2D eigenvalue weighted by molar-refractivity contribution is -0.144. The molecule has 6 nitrogen and oxygen atoms in total. The first-order chi connectivity index (χ1) is 11.7. The van der Waals surface area contributed by atoms with E-state index in [4.69, 9.17) is 9.15 Å². The molecule has 0 atom stereocenters. The average Bonchev–Trinajstić information content (AvgIpc) is 2.91. The number of nitrogens with one attached hydrogen (secondary N) is 1. The number of carbonyl (C=O) groups excluding carboxylic acids is 1. The third-order valence-corrected chi connectivity index (χ3v) is 3.41. The molecule has 0 radical (unpaired) electrons. The van der Waals surface area contributed by atoms with E-state index < -0.39 is 24.9 Å². The van der Waals surface area contributed by atoms with Crippen LogP contribution in [0.3, 0.4) is 0 Å². The van der Waals surface area contributed by atoms with Gasteiger partial charge in [0.25, 0.3) is 0 Å². The summed E-state index contributed by atoms with van der Waals surface area (Å²) >= 11 is 0. The number of ether oxygens (including phenoxy) is 1. The summed E-state index contributed by atoms with van der Waals surface area (Å²) in [7, 11) is 1.42. The largest absolute Gasteiger partial charge is 0.504 e. The topological polar surface area (TPSA) is 84.6 Å². The number of halogens is 3. The van der Waals surface area contributed by atoms with Gasteiger partial charge < -0.3 is 19.6 Å². The van der Waals surface area contributed by atoms with Crippen molar-refractivity contribution < 1.29 is 32.2 Å². The number of rotatable bonds is 6. The van der Waals surface area contributed by atoms with Crippen LogP contribution in [0.5, 0.6) is 11.5 Å². The summed E-state index contributed by atoms with van der Waals surface area (Å²) in [6.07, 6.45) is -6.18. The number of hydrogen-bond donors (Lipinski definition) is 2. The lowest BCUT2D eigenvalue weighted by atomic mass is 10.2. The molecule has 0 aliphatic heterocycles. The van der Waals surface area contributed by atoms with Gasteiger partial charge in [-0.05, 0) is 25.1 Å². The van der Waals surface area contributed by atoms with Crippen molar-refractivity contribution in [3.05, 3.63) is 29.7 Å². The first kappa shape index (κ1) is 18.6. The molecule has 0 aliphatic rings. The van der Waals surface area contributed by atoms with Gasteiger partial charge in [-0.15, -0.1) is 0 Å². The van der Waals surface area contributed by atoms with Gasteiger partial charge in [0, 0.05) is 12.0 Å². The van der Waals surface area contributed by atoms with Gasteiger partial charge in [-0.1, -0.05) is 0 Å². The lowest BCUT2D eigenvalue weighted by Gasteiger charge is -2.06. The van der Waals surface area contributed by atoms with Gasteiger partial charge >= 0.3 is 6.18 Å². The van der Waals surface area contributed by atoms with E-state index in [0.29, 0.717) is 22.8 Å². The zero-order valence-corrected chi connectivity index (χ0v) is 13.6. The van der Waals surface area contributed by atoms with Crippen molar-refractivity contribution in [2.24, 2.45) is 0 Å². The molecule has 0 fully saturated rings. The number of aromatic hydroxyl groups is 1. The minimum atomic E-state index is -4.37. The maximum absolute atomic E-state index is 12.1. The van der Waals surface area contributed by atoms with Crippen molar-refractivity contribution in [3.8, 4) is 23.0 Å². The Bertz CT molecular complexity index is 756. The second-order valence-electron chi connectivity index (χ2n) is 5.30. The van der Waals surface area contributed by atoms with E-state index in [1.54, 1.807) is 19.1 Å². The van der Waals surface area contributed by atoms with Crippen molar-refractivity contribution in [1.82, 2.24) is 10.3 Å². The van der Waals surface area contributed by atoms with E-state index in [1.807, 2.05) is 0 Å². The SMILES string of the molecule is COc1ccc(-c2nc(CNC(=O)CCC(F)(F)F)c(C)o2)cc1O. The van der Waals surface area contributed by atoms with Crippen LogP contribution in [0.2, 0.25) is 0 Å². The minimum Gasteiger partial charge on any atom is -0.504 e. The fourth-order valence-electron chi connectivity index (χ4n) is 2.06. The van der Waals surface area contributed by atoms with Crippen molar-refractivity contribution >= 4 is 5.91 Å². The molecule has 0 saturated carbocycles. The Morgan fingerprint density at radius 2 is 2.12 bits per heavy atom. The quantitative estimate of drug-likeness (QED) is 0.827. The standard InChI is InChI=1S/C16H17F3N2O4/c1-9-11(8-20-14(23)5-6-16(17,18)19)21-15(25-9)10-3-4-13(24-2)12(22)7-10/h3-4,7,22H,5-6,8H2,1-2H3,(H,20,23). The molecule has 0 unspecified atom stereocenters. The van der Waals surface area contributed by atoms with Gasteiger partial charge in [0.2, 0.25) is 11.8 Å². The van der Waals surface area contributed by atoms with Gasteiger partial charge in [0.1, 0.15) is 11.5 Å². The summed E-state index contributed by atoms with van der Waals surface area (Å²) in [5, 5.41) is 12.2. The highest BCUT2D eigenvalue weighted by Crippen LogP contribution is 2.31. The van der Waals surface area contributed by atoms with Gasteiger partial charge in [0.15, 0.2) is 11.5 Å². The molecule has 1 heterocycles. The van der Waals surface area contributed by atoms with E-state index in [1.165, 1.54) is 13.2 Å². The molecule has 2 N–H and O–H groups in total. The first-order valence-corrected chi connectivity index (χ1v) is 7.36. The molecular weight excluding hydrogens is 341 g/mol. The number of aromatic nitrogens is 1. The molecule has 1 aromatic heterocycles. The van der Waals surface area contributed by atoms with Crippen LogP contribution in [-0.4, -0.2) is 29.3 Å². The number of hydrogen-bond acceptors (Lipinski definition) is 5. The first-order valence-electron chi connectivity index (χ1n) is 7.36. The van der Waals surface area contributed by atoms with E-state index >= 15 is 0 Å². The number of nitrogens with zero attached hydrogens (tertiary/aromatic N) is 1. The Kier molecular flexibility index (Phi) is 5.55. The van der Waals surface area contributed by atoms with E-state index in [0.717, 1.165) is 0 Å². The highest BCUT2D eigenvalue weighted by atomic mass is 19.4. The summed E-state index contributed by atoms with van der Waals surface area (Å²) in [6.45, 7) is 1.57. The predicted octanol–water partition coefficient (Wildman–Crippen LogP) is 3.32. The van der Waals surface area contributed by atoms with Gasteiger partial charge in [0.05, 0.1) is 20.1 Å². The fraction of sp³-hybridized carbons (Fsp3) is 0.375. The smallest absolute Gasteiger partial charge is 0.389 e. The monoisotopic (exact) mass is 358 g/mol. The number of phenolic OH excluding ortho intramolecular Hbond substituents is 1. The molecular formula is C16H17F3N2O4. The third-order valence-electron chi connectivity index (χ3n) is 3.41. The number of amides is 1. The maximum atomic E-state index is 12.1. The zero-order valence-electron chi connectivity index (χ0n) is 13.6. The molecule has 136 valence electrons. The Balaban J connectivity index is 2.02. The molecule has 25 heavy (non-hydrogen) atoms. The second-order valence-corrected chi connectivity index (χ2v) is 5.30. The third kappa shape index (κ3) is 5.13. The number of methoxy groups -OCH3 is 1. The fourth-order valence-corrected chi connectivity index (χ4v) is 2.06. The van der Waals surface area contributed by atoms with E-state index in [2.05, 4.69) is 10.3 Å². The number of carbonyl (C=O) groups is 1. The Labute approximate surface area is 141 Å². The molecule has 0 saturated heterocycles. The van der Waals surface area contributed by atoms with Crippen LogP contribution in [0.15, 0.2) is 22.6 Å². The van der Waals surface area contributed by atoms with Crippen LogP contribution in [0, 0.1) is 6.92 Å². The highest BCUT2D eigenvalue weighted by Gasteiger charge is 2.27. The van der Waals surface area contributed by atoms with Gasteiger partial charge in [-0.2, -0.15) is 13.2 Å². The normalized spacial score (nSPS) is 11.4. The van der Waals surface area contributed by atoms with Gasteiger partial charge in [-0.3, -0.25) is 4.79 Å². The Morgan fingerprint density at radius 3 is 2.72 bits per heavy atom. The molecule has 9 heteroatoms. The van der Waals surface area contributed by atoms with Crippen molar-refractivity contribution in [2.45, 2.75) is 32.5 Å². The number of benzene rings is 1. The average molecular weight is 358 g/mol. The molecule has 0 aliphatic carbocycles. The lowest BCUT2D eigenvalue weighted by Crippen LogP contribution is -2.24. The van der Waals surface area contributed by atoms with Crippen LogP contribution in [0.25, 0.3) is 11.5 Å². The van der Waals surface area contributed by atoms with Crippen molar-refractivity contribution in [3.63, 3.8) is 0 Å². The molecule has 0 spiro atoms. The Hall–Kier alpha value is -2.71. The summed E-state index contributed by atoms with van der Waals surface area (Å²) in [5.74, 6) is 0.127. The van der Waals surface area contributed by atoms with E-state index in [-0.39, 0.29) is 18.2 Å². The summed E-state index contributed by atoms with van der Waals surface area (Å²) in [6, 6.07) is 4.59. The van der Waals surface area contributed by atoms with Gasteiger partial charge in [-0.25, -0.2) is 4.98 Å². The molecule has 1 amide bonds. The second kappa shape index (κ2) is 7.45. The predicted molar refractivity (Wildman–Crippen MR) is 82.0 cm³/mol. The van der Waals surface area contributed by atoms with Crippen LogP contribution in [0.1, 0.15) is 24.3 Å². The molecule has 0 bridgehead atoms. The summed E-state index contributed by atoms with van der Waals surface area (Å²) in [5.41, 5.74) is 0.890. The molecule has 1 aromatic carbocycles. The minimum absolute atomic E-state index is 0.0475.